The minimum Gasteiger partial charge on any atom is -0.299 e. The second-order valence-corrected chi connectivity index (χ2v) is 4.84. The second-order valence-electron chi connectivity index (χ2n) is 4.84. The number of carbonyl (C=O) groups is 1. The first-order valence-corrected chi connectivity index (χ1v) is 5.97. The lowest BCUT2D eigenvalue weighted by molar-refractivity contribution is -0.127. The monoisotopic (exact) mass is 217 g/mol. The molecule has 1 heterocycles. The zero-order valence-electron chi connectivity index (χ0n) is 10.0. The summed E-state index contributed by atoms with van der Waals surface area (Å²) in [7, 11) is 0. The average Bonchev–Trinajstić information content (AvgIpc) is 2.27. The molecule has 0 saturated carbocycles. The van der Waals surface area contributed by atoms with Crippen molar-refractivity contribution in [2.75, 3.05) is 6.54 Å². The maximum atomic E-state index is 11.6. The van der Waals surface area contributed by atoms with Gasteiger partial charge in [-0.3, -0.25) is 9.69 Å². The Kier molecular flexibility index (Phi) is 3.39. The van der Waals surface area contributed by atoms with Gasteiger partial charge in [0.05, 0.1) is 0 Å². The lowest BCUT2D eigenvalue weighted by Gasteiger charge is -2.35. The van der Waals surface area contributed by atoms with E-state index in [9.17, 15) is 4.79 Å². The first-order chi connectivity index (χ1) is 7.66. The van der Waals surface area contributed by atoms with Crippen molar-refractivity contribution in [3.63, 3.8) is 0 Å². The molecule has 0 aromatic heterocycles. The highest BCUT2D eigenvalue weighted by atomic mass is 16.1. The maximum absolute atomic E-state index is 11.6. The molecule has 2 heteroatoms. The van der Waals surface area contributed by atoms with E-state index >= 15 is 0 Å². The van der Waals surface area contributed by atoms with Crippen LogP contribution in [0.5, 0.6) is 0 Å². The quantitative estimate of drug-likeness (QED) is 0.758. The van der Waals surface area contributed by atoms with E-state index in [1.165, 1.54) is 5.56 Å². The van der Waals surface area contributed by atoms with E-state index in [1.54, 1.807) is 0 Å². The largest absolute Gasteiger partial charge is 0.299 e. The summed E-state index contributed by atoms with van der Waals surface area (Å²) in [4.78, 5) is 14.0. The molecule has 86 valence electrons. The van der Waals surface area contributed by atoms with Crippen LogP contribution in [-0.4, -0.2) is 23.3 Å². The molecule has 1 unspecified atom stereocenters. The Balaban J connectivity index is 2.02. The zero-order chi connectivity index (χ0) is 11.5. The minimum atomic E-state index is 0.194. The third-order valence-electron chi connectivity index (χ3n) is 3.41. The Morgan fingerprint density at radius 3 is 2.62 bits per heavy atom. The van der Waals surface area contributed by atoms with Crippen LogP contribution in [0.15, 0.2) is 30.3 Å². The summed E-state index contributed by atoms with van der Waals surface area (Å²) < 4.78 is 0. The normalized spacial score (nSPS) is 27.0. The van der Waals surface area contributed by atoms with Crippen molar-refractivity contribution in [3.05, 3.63) is 35.9 Å². The van der Waals surface area contributed by atoms with Gasteiger partial charge in [0.25, 0.3) is 0 Å². The Bertz CT molecular complexity index is 360. The molecule has 2 rings (SSSR count). The van der Waals surface area contributed by atoms with Crippen LogP contribution in [0.25, 0.3) is 0 Å². The topological polar surface area (TPSA) is 20.3 Å². The highest BCUT2D eigenvalue weighted by molar-refractivity contribution is 5.82. The molecule has 1 fully saturated rings. The van der Waals surface area contributed by atoms with Gasteiger partial charge >= 0.3 is 0 Å². The molecule has 0 radical (unpaired) electrons. The van der Waals surface area contributed by atoms with Crippen molar-refractivity contribution in [2.45, 2.75) is 32.9 Å². The molecule has 1 aliphatic rings. The molecule has 1 aromatic carbocycles. The molecule has 0 bridgehead atoms. The third-order valence-corrected chi connectivity index (χ3v) is 3.41. The number of hydrogen-bond donors (Lipinski definition) is 0. The van der Waals surface area contributed by atoms with Crippen LogP contribution >= 0.6 is 0 Å². The Morgan fingerprint density at radius 1 is 1.25 bits per heavy atom. The molecular weight excluding hydrogens is 198 g/mol. The van der Waals surface area contributed by atoms with Gasteiger partial charge in [0.15, 0.2) is 0 Å². The number of ketones is 1. The van der Waals surface area contributed by atoms with Crippen molar-refractivity contribution in [1.29, 1.82) is 0 Å². The minimum absolute atomic E-state index is 0.194. The molecule has 0 spiro atoms. The van der Waals surface area contributed by atoms with Crippen LogP contribution in [0.3, 0.4) is 0 Å². The molecule has 2 nitrogen and oxygen atoms in total. The van der Waals surface area contributed by atoms with Crippen molar-refractivity contribution < 1.29 is 4.79 Å². The summed E-state index contributed by atoms with van der Waals surface area (Å²) in [6.45, 7) is 6.04. The predicted octanol–water partition coefficient (Wildman–Crippen LogP) is 2.49. The number of hydrogen-bond acceptors (Lipinski definition) is 2. The highest BCUT2D eigenvalue weighted by Crippen LogP contribution is 2.20. The Hall–Kier alpha value is -1.15. The SMILES string of the molecule is CC1CN(Cc2ccccc2)[C@H](C)CC1=O. The Labute approximate surface area is 97.3 Å². The average molecular weight is 217 g/mol. The summed E-state index contributed by atoms with van der Waals surface area (Å²) in [6.07, 6.45) is 0.702. The van der Waals surface area contributed by atoms with Gasteiger partial charge in [-0.25, -0.2) is 0 Å². The fourth-order valence-electron chi connectivity index (χ4n) is 2.29. The lowest BCUT2D eigenvalue weighted by Crippen LogP contribution is -2.44. The summed E-state index contributed by atoms with van der Waals surface area (Å²) in [5, 5.41) is 0. The highest BCUT2D eigenvalue weighted by Gasteiger charge is 2.28. The van der Waals surface area contributed by atoms with E-state index in [1.807, 2.05) is 13.0 Å². The van der Waals surface area contributed by atoms with Gasteiger partial charge in [-0.15, -0.1) is 0 Å². The lowest BCUT2D eigenvalue weighted by atomic mass is 9.93. The first-order valence-electron chi connectivity index (χ1n) is 5.97. The van der Waals surface area contributed by atoms with E-state index in [2.05, 4.69) is 36.1 Å². The van der Waals surface area contributed by atoms with E-state index in [0.29, 0.717) is 18.2 Å². The summed E-state index contributed by atoms with van der Waals surface area (Å²) in [5.41, 5.74) is 1.33. The van der Waals surface area contributed by atoms with Crippen LogP contribution in [0.4, 0.5) is 0 Å². The number of rotatable bonds is 2. The van der Waals surface area contributed by atoms with Gasteiger partial charge in [0.1, 0.15) is 5.78 Å². The van der Waals surface area contributed by atoms with E-state index in [4.69, 9.17) is 0 Å². The number of nitrogens with zero attached hydrogens (tertiary/aromatic N) is 1. The molecule has 0 amide bonds. The third kappa shape index (κ3) is 2.50. The summed E-state index contributed by atoms with van der Waals surface area (Å²) in [6, 6.07) is 10.8. The summed E-state index contributed by atoms with van der Waals surface area (Å²) in [5.74, 6) is 0.608. The zero-order valence-corrected chi connectivity index (χ0v) is 10.0. The van der Waals surface area contributed by atoms with E-state index in [-0.39, 0.29) is 5.92 Å². The molecular formula is C14H19NO. The van der Waals surface area contributed by atoms with E-state index < -0.39 is 0 Å². The number of likely N-dealkylation sites (tertiary alicyclic amines) is 1. The molecule has 16 heavy (non-hydrogen) atoms. The van der Waals surface area contributed by atoms with Crippen LogP contribution in [-0.2, 0) is 11.3 Å². The van der Waals surface area contributed by atoms with Crippen molar-refractivity contribution in [1.82, 2.24) is 4.90 Å². The van der Waals surface area contributed by atoms with Gasteiger partial charge in [0.2, 0.25) is 0 Å². The smallest absolute Gasteiger partial charge is 0.138 e. The van der Waals surface area contributed by atoms with Gasteiger partial charge < -0.3 is 0 Å². The van der Waals surface area contributed by atoms with Gasteiger partial charge in [0, 0.05) is 31.5 Å². The number of carbonyl (C=O) groups excluding carboxylic acids is 1. The predicted molar refractivity (Wildman–Crippen MR) is 65.1 cm³/mol. The van der Waals surface area contributed by atoms with Crippen LogP contribution in [0.1, 0.15) is 25.8 Å². The Morgan fingerprint density at radius 2 is 1.94 bits per heavy atom. The number of Topliss-reactive ketones (excluding diaryl/α,β-unsaturated/α-hetero) is 1. The van der Waals surface area contributed by atoms with Crippen molar-refractivity contribution in [2.24, 2.45) is 5.92 Å². The molecule has 0 N–H and O–H groups in total. The van der Waals surface area contributed by atoms with Gasteiger partial charge in [-0.05, 0) is 12.5 Å². The fourth-order valence-corrected chi connectivity index (χ4v) is 2.29. The van der Waals surface area contributed by atoms with Crippen molar-refractivity contribution >= 4 is 5.78 Å². The molecule has 0 aliphatic carbocycles. The van der Waals surface area contributed by atoms with Crippen LogP contribution in [0, 0.1) is 5.92 Å². The fraction of sp³-hybridized carbons (Fsp3) is 0.500. The van der Waals surface area contributed by atoms with Gasteiger partial charge in [-0.2, -0.15) is 0 Å². The second kappa shape index (κ2) is 4.79. The molecule has 1 aliphatic heterocycles. The standard InChI is InChI=1S/C14H19NO/c1-11-9-15(12(2)8-14(11)16)10-13-6-4-3-5-7-13/h3-7,11-12H,8-10H2,1-2H3/t11?,12-/m1/s1. The molecule has 2 atom stereocenters. The summed E-state index contributed by atoms with van der Waals surface area (Å²) >= 11 is 0. The molecule has 1 aromatic rings. The van der Waals surface area contributed by atoms with E-state index in [0.717, 1.165) is 13.1 Å². The van der Waals surface area contributed by atoms with Crippen LogP contribution < -0.4 is 0 Å². The maximum Gasteiger partial charge on any atom is 0.138 e. The number of piperidine rings is 1. The van der Waals surface area contributed by atoms with Crippen molar-refractivity contribution in [3.8, 4) is 0 Å². The molecule has 1 saturated heterocycles. The van der Waals surface area contributed by atoms with Crippen LogP contribution in [0.2, 0.25) is 0 Å². The first kappa shape index (κ1) is 11.3. The van der Waals surface area contributed by atoms with Gasteiger partial charge in [-0.1, -0.05) is 37.3 Å². The number of benzene rings is 1.